The van der Waals surface area contributed by atoms with Crippen LogP contribution in [0.15, 0.2) is 30.3 Å². The minimum atomic E-state index is -0.862. The lowest BCUT2D eigenvalue weighted by atomic mass is 10.1. The van der Waals surface area contributed by atoms with Crippen LogP contribution in [-0.4, -0.2) is 45.5 Å². The summed E-state index contributed by atoms with van der Waals surface area (Å²) in [5.74, 6) is -0.467. The van der Waals surface area contributed by atoms with Gasteiger partial charge in [0.05, 0.1) is 24.1 Å². The van der Waals surface area contributed by atoms with Gasteiger partial charge in [0.15, 0.2) is 11.6 Å². The normalized spacial score (nSPS) is 16.8. The average Bonchev–Trinajstić information content (AvgIpc) is 3.08. The Hall–Kier alpha value is -2.87. The predicted molar refractivity (Wildman–Crippen MR) is 110 cm³/mol. The monoisotopic (exact) mass is 413 g/mol. The van der Waals surface area contributed by atoms with E-state index >= 15 is 0 Å². The maximum Gasteiger partial charge on any atom is 0.252 e. The van der Waals surface area contributed by atoms with Crippen LogP contribution in [0.1, 0.15) is 36.0 Å². The van der Waals surface area contributed by atoms with Crippen molar-refractivity contribution >= 4 is 5.82 Å². The molecule has 4 rings (SSSR count). The SMILES string of the molecule is CC[C@@H]1CN(c2cc(Cc3ccc(F)c(F)c3)nc(-n3nc(C)cc3C)n2)CCO1. The molecule has 1 aromatic carbocycles. The Morgan fingerprint density at radius 3 is 2.63 bits per heavy atom. The summed E-state index contributed by atoms with van der Waals surface area (Å²) in [5, 5.41) is 4.51. The van der Waals surface area contributed by atoms with Crippen LogP contribution in [0.5, 0.6) is 0 Å². The lowest BCUT2D eigenvalue weighted by Gasteiger charge is -2.33. The Bertz CT molecular complexity index is 1050. The van der Waals surface area contributed by atoms with E-state index in [9.17, 15) is 8.78 Å². The summed E-state index contributed by atoms with van der Waals surface area (Å²) in [5.41, 5.74) is 3.16. The van der Waals surface area contributed by atoms with Gasteiger partial charge in [-0.25, -0.2) is 18.4 Å². The van der Waals surface area contributed by atoms with E-state index in [1.54, 1.807) is 10.7 Å². The Balaban J connectivity index is 1.73. The highest BCUT2D eigenvalue weighted by molar-refractivity contribution is 5.44. The second kappa shape index (κ2) is 8.47. The van der Waals surface area contributed by atoms with Crippen molar-refractivity contribution in [3.63, 3.8) is 0 Å². The molecule has 3 heterocycles. The van der Waals surface area contributed by atoms with Gasteiger partial charge in [0.1, 0.15) is 5.82 Å². The summed E-state index contributed by atoms with van der Waals surface area (Å²) in [6.45, 7) is 8.08. The van der Waals surface area contributed by atoms with Gasteiger partial charge in [-0.05, 0) is 44.0 Å². The van der Waals surface area contributed by atoms with Crippen molar-refractivity contribution in [3.05, 3.63) is 64.6 Å². The first-order chi connectivity index (χ1) is 14.4. The van der Waals surface area contributed by atoms with Gasteiger partial charge in [0.2, 0.25) is 0 Å². The number of benzene rings is 1. The summed E-state index contributed by atoms with van der Waals surface area (Å²) >= 11 is 0. The zero-order chi connectivity index (χ0) is 21.3. The first-order valence-electron chi connectivity index (χ1n) is 10.1. The van der Waals surface area contributed by atoms with Crippen LogP contribution in [0.25, 0.3) is 5.95 Å². The van der Waals surface area contributed by atoms with Crippen molar-refractivity contribution in [2.45, 2.75) is 39.7 Å². The number of morpholine rings is 1. The lowest BCUT2D eigenvalue weighted by molar-refractivity contribution is 0.0381. The summed E-state index contributed by atoms with van der Waals surface area (Å²) in [7, 11) is 0. The first-order valence-corrected chi connectivity index (χ1v) is 10.1. The number of halogens is 2. The second-order valence-electron chi connectivity index (χ2n) is 7.63. The maximum atomic E-state index is 13.7. The van der Waals surface area contributed by atoms with Crippen LogP contribution in [0, 0.1) is 25.5 Å². The molecule has 1 atom stereocenters. The quantitative estimate of drug-likeness (QED) is 0.638. The fourth-order valence-electron chi connectivity index (χ4n) is 3.68. The topological polar surface area (TPSA) is 56.1 Å². The van der Waals surface area contributed by atoms with Crippen molar-refractivity contribution in [1.29, 1.82) is 0 Å². The number of nitrogens with zero attached hydrogens (tertiary/aromatic N) is 5. The number of aryl methyl sites for hydroxylation is 2. The molecule has 2 aromatic heterocycles. The Morgan fingerprint density at radius 2 is 1.93 bits per heavy atom. The Labute approximate surface area is 174 Å². The fourth-order valence-corrected chi connectivity index (χ4v) is 3.68. The van der Waals surface area contributed by atoms with Gasteiger partial charge in [-0.1, -0.05) is 13.0 Å². The van der Waals surface area contributed by atoms with Gasteiger partial charge < -0.3 is 9.64 Å². The molecule has 1 fully saturated rings. The summed E-state index contributed by atoms with van der Waals surface area (Å²) in [4.78, 5) is 11.6. The number of aromatic nitrogens is 4. The minimum Gasteiger partial charge on any atom is -0.375 e. The summed E-state index contributed by atoms with van der Waals surface area (Å²) < 4.78 is 34.5. The lowest BCUT2D eigenvalue weighted by Crippen LogP contribution is -2.42. The van der Waals surface area contributed by atoms with E-state index < -0.39 is 11.6 Å². The molecule has 0 radical (unpaired) electrons. The molecule has 0 saturated carbocycles. The van der Waals surface area contributed by atoms with Crippen molar-refractivity contribution in [1.82, 2.24) is 19.7 Å². The Morgan fingerprint density at radius 1 is 1.10 bits per heavy atom. The number of hydrogen-bond donors (Lipinski definition) is 0. The highest BCUT2D eigenvalue weighted by Crippen LogP contribution is 2.22. The zero-order valence-electron chi connectivity index (χ0n) is 17.4. The molecule has 158 valence electrons. The van der Waals surface area contributed by atoms with Crippen LogP contribution >= 0.6 is 0 Å². The van der Waals surface area contributed by atoms with E-state index in [4.69, 9.17) is 9.72 Å². The van der Waals surface area contributed by atoms with E-state index in [2.05, 4.69) is 21.9 Å². The van der Waals surface area contributed by atoms with E-state index in [0.717, 1.165) is 42.8 Å². The molecule has 1 aliphatic rings. The van der Waals surface area contributed by atoms with Gasteiger partial charge in [-0.3, -0.25) is 0 Å². The fraction of sp³-hybridized carbons (Fsp3) is 0.409. The smallest absolute Gasteiger partial charge is 0.252 e. The van der Waals surface area contributed by atoms with Crippen LogP contribution in [0.3, 0.4) is 0 Å². The number of hydrogen-bond acceptors (Lipinski definition) is 5. The number of rotatable bonds is 5. The molecule has 0 unspecified atom stereocenters. The zero-order valence-corrected chi connectivity index (χ0v) is 17.4. The molecule has 3 aromatic rings. The standard InChI is InChI=1S/C22H25F2N5O/c1-4-18-13-28(7-8-30-18)21-12-17(10-16-5-6-19(23)20(24)11-16)25-22(26-21)29-15(3)9-14(2)27-29/h5-6,9,11-12,18H,4,7-8,10,13H2,1-3H3/t18-/m1/s1. The molecule has 0 spiro atoms. The number of ether oxygens (including phenoxy) is 1. The maximum absolute atomic E-state index is 13.7. The van der Waals surface area contributed by atoms with Crippen LogP contribution in [-0.2, 0) is 11.2 Å². The highest BCUT2D eigenvalue weighted by Gasteiger charge is 2.22. The summed E-state index contributed by atoms with van der Waals surface area (Å²) in [6, 6.07) is 7.80. The third kappa shape index (κ3) is 4.33. The summed E-state index contributed by atoms with van der Waals surface area (Å²) in [6.07, 6.45) is 1.44. The third-order valence-corrected chi connectivity index (χ3v) is 5.24. The van der Waals surface area contributed by atoms with Crippen LogP contribution in [0.4, 0.5) is 14.6 Å². The molecular weight excluding hydrogens is 388 g/mol. The molecule has 0 amide bonds. The third-order valence-electron chi connectivity index (χ3n) is 5.24. The van der Waals surface area contributed by atoms with Crippen LogP contribution < -0.4 is 4.90 Å². The predicted octanol–water partition coefficient (Wildman–Crippen LogP) is 3.76. The molecule has 1 saturated heterocycles. The largest absolute Gasteiger partial charge is 0.375 e. The molecule has 6 nitrogen and oxygen atoms in total. The van der Waals surface area contributed by atoms with Gasteiger partial charge in [-0.2, -0.15) is 10.1 Å². The molecular formula is C22H25F2N5O. The van der Waals surface area contributed by atoms with Gasteiger partial charge in [-0.15, -0.1) is 0 Å². The van der Waals surface area contributed by atoms with Crippen molar-refractivity contribution in [2.24, 2.45) is 0 Å². The first kappa shape index (κ1) is 20.4. The van der Waals surface area contributed by atoms with Crippen molar-refractivity contribution in [2.75, 3.05) is 24.6 Å². The van der Waals surface area contributed by atoms with Gasteiger partial charge >= 0.3 is 0 Å². The van der Waals surface area contributed by atoms with Gasteiger partial charge in [0.25, 0.3) is 5.95 Å². The molecule has 1 aliphatic heterocycles. The number of anilines is 1. The molecule has 0 N–H and O–H groups in total. The van der Waals surface area contributed by atoms with E-state index in [1.165, 1.54) is 6.07 Å². The van der Waals surface area contributed by atoms with Crippen molar-refractivity contribution < 1.29 is 13.5 Å². The highest BCUT2D eigenvalue weighted by atomic mass is 19.2. The van der Waals surface area contributed by atoms with Crippen LogP contribution in [0.2, 0.25) is 0 Å². The molecule has 8 heteroatoms. The Kier molecular flexibility index (Phi) is 5.76. The van der Waals surface area contributed by atoms with Crippen molar-refractivity contribution in [3.8, 4) is 5.95 Å². The second-order valence-corrected chi connectivity index (χ2v) is 7.63. The van der Waals surface area contributed by atoms with E-state index in [0.29, 0.717) is 30.2 Å². The van der Waals surface area contributed by atoms with E-state index in [1.807, 2.05) is 26.0 Å². The average molecular weight is 413 g/mol. The van der Waals surface area contributed by atoms with E-state index in [-0.39, 0.29) is 6.10 Å². The minimum absolute atomic E-state index is 0.153. The van der Waals surface area contributed by atoms with Gasteiger partial charge in [0, 0.05) is 31.3 Å². The molecule has 0 aliphatic carbocycles. The molecule has 30 heavy (non-hydrogen) atoms. The molecule has 0 bridgehead atoms.